The first-order valence-corrected chi connectivity index (χ1v) is 12.7. The number of halogens is 1. The van der Waals surface area contributed by atoms with Crippen molar-refractivity contribution in [1.29, 1.82) is 0 Å². The Morgan fingerprint density at radius 1 is 1.14 bits per heavy atom. The van der Waals surface area contributed by atoms with Crippen molar-refractivity contribution < 1.29 is 19.4 Å². The van der Waals surface area contributed by atoms with E-state index in [1.54, 1.807) is 6.07 Å². The molecule has 0 amide bonds. The second-order valence-electron chi connectivity index (χ2n) is 9.34. The number of methoxy groups -OCH3 is 1. The molecule has 5 rings (SSSR count). The second-order valence-corrected chi connectivity index (χ2v) is 9.77. The molecule has 2 aliphatic heterocycles. The van der Waals surface area contributed by atoms with E-state index in [4.69, 9.17) is 21.1 Å². The smallest absolute Gasteiger partial charge is 0.337 e. The number of benzene rings is 3. The molecule has 2 unspecified atom stereocenters. The van der Waals surface area contributed by atoms with Gasteiger partial charge in [-0.05, 0) is 71.9 Å². The summed E-state index contributed by atoms with van der Waals surface area (Å²) in [7, 11) is 1.39. The summed E-state index contributed by atoms with van der Waals surface area (Å²) in [5, 5.41) is 11.1. The quantitative estimate of drug-likeness (QED) is 0.430. The van der Waals surface area contributed by atoms with E-state index in [2.05, 4.69) is 35.2 Å². The van der Waals surface area contributed by atoms with Gasteiger partial charge in [0.25, 0.3) is 0 Å². The number of ether oxygens (including phenoxy) is 2. The zero-order valence-corrected chi connectivity index (χ0v) is 21.1. The van der Waals surface area contributed by atoms with Gasteiger partial charge in [0, 0.05) is 29.7 Å². The molecule has 5 nitrogen and oxygen atoms in total. The molecule has 6 heteroatoms. The predicted molar refractivity (Wildman–Crippen MR) is 141 cm³/mol. The lowest BCUT2D eigenvalue weighted by Crippen LogP contribution is -2.39. The minimum atomic E-state index is -0.368. The lowest BCUT2D eigenvalue weighted by Gasteiger charge is -2.38. The molecule has 186 valence electrons. The zero-order chi connectivity index (χ0) is 25.1. The first-order valence-electron chi connectivity index (χ1n) is 12.3. The average Bonchev–Trinajstić information content (AvgIpc) is 3.06. The molecule has 2 aliphatic rings. The average molecular weight is 504 g/mol. The van der Waals surface area contributed by atoms with Crippen LogP contribution in [0.1, 0.15) is 57.9 Å². The Morgan fingerprint density at radius 3 is 2.75 bits per heavy atom. The highest BCUT2D eigenvalue weighted by Crippen LogP contribution is 2.38. The molecular formula is C30H30ClNO4. The molecule has 1 fully saturated rings. The van der Waals surface area contributed by atoms with E-state index in [0.29, 0.717) is 23.6 Å². The first-order chi connectivity index (χ1) is 17.5. The zero-order valence-electron chi connectivity index (χ0n) is 20.3. The highest BCUT2D eigenvalue weighted by Gasteiger charge is 2.28. The van der Waals surface area contributed by atoms with Crippen LogP contribution in [0.2, 0.25) is 5.02 Å². The standard InChI is InChI=1S/C30H30ClNO4/c1-35-30(34)21-10-13-29-27(17-21)26(25-6-3-2-5-22(25)19-36-29)7-4-15-32-16-14-24(33)18-28(32)20-8-11-23(31)12-9-20/h2-3,5-13,17,24,28,33H,4,14-16,18-19H2,1H3. The fourth-order valence-corrected chi connectivity index (χ4v) is 5.34. The van der Waals surface area contributed by atoms with Crippen LogP contribution in [0.5, 0.6) is 5.75 Å². The normalized spacial score (nSPS) is 20.7. The summed E-state index contributed by atoms with van der Waals surface area (Å²) >= 11 is 6.11. The third kappa shape index (κ3) is 5.19. The van der Waals surface area contributed by atoms with Crippen molar-refractivity contribution in [3.05, 3.63) is 106 Å². The molecule has 0 radical (unpaired) electrons. The predicted octanol–water partition coefficient (Wildman–Crippen LogP) is 6.04. The number of piperidine rings is 1. The monoisotopic (exact) mass is 503 g/mol. The number of likely N-dealkylation sites (tertiary alicyclic amines) is 1. The summed E-state index contributed by atoms with van der Waals surface area (Å²) in [6.07, 6.45) is 4.24. The minimum Gasteiger partial charge on any atom is -0.488 e. The fourth-order valence-electron chi connectivity index (χ4n) is 5.21. The summed E-state index contributed by atoms with van der Waals surface area (Å²) in [5.74, 6) is 0.387. The van der Waals surface area contributed by atoms with Crippen LogP contribution in [0.25, 0.3) is 5.57 Å². The summed E-state index contributed by atoms with van der Waals surface area (Å²) in [4.78, 5) is 14.7. The molecular weight excluding hydrogens is 474 g/mol. The minimum absolute atomic E-state index is 0.146. The van der Waals surface area contributed by atoms with Crippen LogP contribution in [0, 0.1) is 0 Å². The molecule has 3 aromatic carbocycles. The Bertz CT molecular complexity index is 1270. The van der Waals surface area contributed by atoms with E-state index in [1.807, 2.05) is 36.4 Å². The van der Waals surface area contributed by atoms with Gasteiger partial charge in [-0.25, -0.2) is 4.79 Å². The van der Waals surface area contributed by atoms with Gasteiger partial charge in [0.2, 0.25) is 0 Å². The van der Waals surface area contributed by atoms with Crippen molar-refractivity contribution in [3.8, 4) is 5.75 Å². The SMILES string of the molecule is COC(=O)c1ccc2c(c1)C(=CCCN1CCC(O)CC1c1ccc(Cl)cc1)c1ccccc1CO2. The van der Waals surface area contributed by atoms with Crippen molar-refractivity contribution in [2.45, 2.75) is 38.0 Å². The topological polar surface area (TPSA) is 59.0 Å². The van der Waals surface area contributed by atoms with Crippen molar-refractivity contribution in [2.24, 2.45) is 0 Å². The molecule has 0 spiro atoms. The summed E-state index contributed by atoms with van der Waals surface area (Å²) in [6.45, 7) is 2.15. The van der Waals surface area contributed by atoms with E-state index in [-0.39, 0.29) is 18.1 Å². The maximum absolute atomic E-state index is 12.3. The number of fused-ring (bicyclic) bond motifs is 2. The van der Waals surface area contributed by atoms with Crippen molar-refractivity contribution in [1.82, 2.24) is 4.90 Å². The van der Waals surface area contributed by atoms with Crippen molar-refractivity contribution >= 4 is 23.1 Å². The summed E-state index contributed by atoms with van der Waals surface area (Å²) in [5.41, 5.74) is 5.85. The molecule has 0 bridgehead atoms. The fraction of sp³-hybridized carbons (Fsp3) is 0.300. The number of esters is 1. The van der Waals surface area contributed by atoms with Gasteiger partial charge < -0.3 is 14.6 Å². The molecule has 0 saturated carbocycles. The highest BCUT2D eigenvalue weighted by atomic mass is 35.5. The Kier molecular flexibility index (Phi) is 7.42. The third-order valence-corrected chi connectivity index (χ3v) is 7.34. The molecule has 1 N–H and O–H groups in total. The number of carbonyl (C=O) groups is 1. The van der Waals surface area contributed by atoms with E-state index in [1.165, 1.54) is 12.7 Å². The lowest BCUT2D eigenvalue weighted by atomic mass is 9.91. The van der Waals surface area contributed by atoms with E-state index < -0.39 is 0 Å². The number of hydrogen-bond acceptors (Lipinski definition) is 5. The summed E-state index contributed by atoms with van der Waals surface area (Å²) < 4.78 is 11.1. The number of aliphatic hydroxyl groups excluding tert-OH is 1. The largest absolute Gasteiger partial charge is 0.488 e. The first kappa shape index (κ1) is 24.6. The van der Waals surface area contributed by atoms with Crippen LogP contribution in [-0.2, 0) is 11.3 Å². The Hall–Kier alpha value is -3.12. The molecule has 0 aromatic heterocycles. The van der Waals surface area contributed by atoms with Gasteiger partial charge in [-0.3, -0.25) is 4.90 Å². The Balaban J connectivity index is 1.45. The Morgan fingerprint density at radius 2 is 1.94 bits per heavy atom. The molecule has 36 heavy (non-hydrogen) atoms. The third-order valence-electron chi connectivity index (χ3n) is 7.09. The second kappa shape index (κ2) is 10.9. The number of carbonyl (C=O) groups excluding carboxylic acids is 1. The Labute approximate surface area is 216 Å². The van der Waals surface area contributed by atoms with Crippen LogP contribution in [0.15, 0.2) is 72.8 Å². The van der Waals surface area contributed by atoms with Crippen LogP contribution in [0.4, 0.5) is 0 Å². The van der Waals surface area contributed by atoms with Gasteiger partial charge in [0.05, 0.1) is 18.8 Å². The maximum atomic E-state index is 12.3. The van der Waals surface area contributed by atoms with E-state index in [9.17, 15) is 9.90 Å². The van der Waals surface area contributed by atoms with Gasteiger partial charge in [-0.15, -0.1) is 0 Å². The van der Waals surface area contributed by atoms with Gasteiger partial charge in [-0.1, -0.05) is 54.1 Å². The van der Waals surface area contributed by atoms with Crippen LogP contribution < -0.4 is 4.74 Å². The number of hydrogen-bond donors (Lipinski definition) is 1. The maximum Gasteiger partial charge on any atom is 0.337 e. The lowest BCUT2D eigenvalue weighted by molar-refractivity contribution is 0.0418. The molecule has 1 saturated heterocycles. The van der Waals surface area contributed by atoms with E-state index >= 15 is 0 Å². The highest BCUT2D eigenvalue weighted by molar-refractivity contribution is 6.30. The van der Waals surface area contributed by atoms with Crippen LogP contribution in [-0.4, -0.2) is 42.3 Å². The molecule has 2 atom stereocenters. The molecule has 3 aromatic rings. The number of aliphatic hydroxyl groups is 1. The molecule has 2 heterocycles. The molecule has 0 aliphatic carbocycles. The van der Waals surface area contributed by atoms with Crippen LogP contribution >= 0.6 is 11.6 Å². The van der Waals surface area contributed by atoms with Gasteiger partial charge in [-0.2, -0.15) is 0 Å². The van der Waals surface area contributed by atoms with E-state index in [0.717, 1.165) is 53.9 Å². The van der Waals surface area contributed by atoms with Crippen molar-refractivity contribution in [3.63, 3.8) is 0 Å². The van der Waals surface area contributed by atoms with Crippen LogP contribution in [0.3, 0.4) is 0 Å². The van der Waals surface area contributed by atoms with Gasteiger partial charge in [0.15, 0.2) is 0 Å². The number of rotatable bonds is 5. The number of nitrogens with zero attached hydrogens (tertiary/aromatic N) is 1. The van der Waals surface area contributed by atoms with Gasteiger partial charge >= 0.3 is 5.97 Å². The van der Waals surface area contributed by atoms with Crippen molar-refractivity contribution in [2.75, 3.05) is 20.2 Å². The van der Waals surface area contributed by atoms with Gasteiger partial charge in [0.1, 0.15) is 12.4 Å². The summed E-state index contributed by atoms with van der Waals surface area (Å²) in [6, 6.07) is 21.8.